The zero-order valence-electron chi connectivity index (χ0n) is 11.4. The van der Waals surface area contributed by atoms with Crippen LogP contribution in [0.15, 0.2) is 18.3 Å². The molecule has 3 rings (SSSR count). The lowest BCUT2D eigenvalue weighted by atomic mass is 9.81. The van der Waals surface area contributed by atoms with Crippen molar-refractivity contribution >= 4 is 11.5 Å². The summed E-state index contributed by atoms with van der Waals surface area (Å²) in [6.07, 6.45) is 3.83. The number of anilines is 1. The zero-order chi connectivity index (χ0) is 13.4. The lowest BCUT2D eigenvalue weighted by Gasteiger charge is -2.35. The molecule has 0 radical (unpaired) electrons. The summed E-state index contributed by atoms with van der Waals surface area (Å²) in [5.74, 6) is 1.85. The Morgan fingerprint density at radius 1 is 1.47 bits per heavy atom. The highest BCUT2D eigenvalue weighted by Crippen LogP contribution is 2.30. The van der Waals surface area contributed by atoms with Gasteiger partial charge in [-0.1, -0.05) is 13.8 Å². The van der Waals surface area contributed by atoms with E-state index in [-0.39, 0.29) is 0 Å². The van der Waals surface area contributed by atoms with Crippen molar-refractivity contribution in [3.63, 3.8) is 0 Å². The first-order chi connectivity index (χ1) is 9.17. The first-order valence-corrected chi connectivity index (χ1v) is 6.89. The van der Waals surface area contributed by atoms with Gasteiger partial charge < -0.3 is 10.4 Å². The van der Waals surface area contributed by atoms with Gasteiger partial charge in [0.1, 0.15) is 5.82 Å². The number of hydrogen-bond acceptors (Lipinski definition) is 4. The maximum Gasteiger partial charge on any atom is 0.157 e. The molecule has 1 aliphatic rings. The Labute approximate surface area is 112 Å². The van der Waals surface area contributed by atoms with Crippen molar-refractivity contribution < 1.29 is 5.11 Å². The van der Waals surface area contributed by atoms with Crippen molar-refractivity contribution in [3.05, 3.63) is 24.0 Å². The fourth-order valence-electron chi connectivity index (χ4n) is 2.54. The summed E-state index contributed by atoms with van der Waals surface area (Å²) in [4.78, 5) is 4.60. The minimum Gasteiger partial charge on any atom is -0.396 e. The SMILES string of the molecule is CC(C)c1cc(NC2CC(CO)C2)n2nccc2n1. The molecule has 19 heavy (non-hydrogen) atoms. The molecule has 1 fully saturated rings. The Balaban J connectivity index is 1.87. The van der Waals surface area contributed by atoms with E-state index in [1.165, 1.54) is 0 Å². The van der Waals surface area contributed by atoms with Crippen LogP contribution in [0.5, 0.6) is 0 Å². The quantitative estimate of drug-likeness (QED) is 0.883. The molecule has 2 aromatic rings. The molecular formula is C14H20N4O. The van der Waals surface area contributed by atoms with Crippen molar-refractivity contribution in [2.24, 2.45) is 5.92 Å². The van der Waals surface area contributed by atoms with Crippen LogP contribution in [0.25, 0.3) is 5.65 Å². The van der Waals surface area contributed by atoms with Crippen molar-refractivity contribution in [2.75, 3.05) is 11.9 Å². The van der Waals surface area contributed by atoms with E-state index < -0.39 is 0 Å². The number of fused-ring (bicyclic) bond motifs is 1. The second-order valence-electron chi connectivity index (χ2n) is 5.68. The van der Waals surface area contributed by atoms with Crippen LogP contribution in [0, 0.1) is 5.92 Å². The molecule has 0 unspecified atom stereocenters. The average molecular weight is 260 g/mol. The fourth-order valence-corrected chi connectivity index (χ4v) is 2.54. The van der Waals surface area contributed by atoms with E-state index in [1.54, 1.807) is 6.20 Å². The highest BCUT2D eigenvalue weighted by molar-refractivity contribution is 5.50. The number of rotatable bonds is 4. The van der Waals surface area contributed by atoms with Gasteiger partial charge in [0.2, 0.25) is 0 Å². The van der Waals surface area contributed by atoms with Crippen LogP contribution in [-0.4, -0.2) is 32.4 Å². The van der Waals surface area contributed by atoms with E-state index in [9.17, 15) is 0 Å². The van der Waals surface area contributed by atoms with Crippen LogP contribution in [-0.2, 0) is 0 Å². The Hall–Kier alpha value is -1.62. The van der Waals surface area contributed by atoms with Crippen LogP contribution in [0.1, 0.15) is 38.3 Å². The van der Waals surface area contributed by atoms with Crippen LogP contribution in [0.3, 0.4) is 0 Å². The maximum atomic E-state index is 9.07. The van der Waals surface area contributed by atoms with Gasteiger partial charge in [-0.05, 0) is 24.7 Å². The summed E-state index contributed by atoms with van der Waals surface area (Å²) in [5.41, 5.74) is 1.96. The van der Waals surface area contributed by atoms with Crippen LogP contribution in [0.2, 0.25) is 0 Å². The molecule has 0 atom stereocenters. The molecule has 0 saturated heterocycles. The lowest BCUT2D eigenvalue weighted by Crippen LogP contribution is -2.37. The Bertz CT molecular complexity index is 572. The van der Waals surface area contributed by atoms with Crippen molar-refractivity contribution in [1.82, 2.24) is 14.6 Å². The molecule has 2 aromatic heterocycles. The van der Waals surface area contributed by atoms with Crippen LogP contribution < -0.4 is 5.32 Å². The molecule has 0 bridgehead atoms. The lowest BCUT2D eigenvalue weighted by molar-refractivity contribution is 0.151. The minimum atomic E-state index is 0.295. The summed E-state index contributed by atoms with van der Waals surface area (Å²) in [6.45, 7) is 4.58. The molecule has 1 aliphatic carbocycles. The molecule has 102 valence electrons. The molecule has 2 N–H and O–H groups in total. The van der Waals surface area contributed by atoms with Gasteiger partial charge in [-0.2, -0.15) is 9.61 Å². The molecule has 5 heteroatoms. The van der Waals surface area contributed by atoms with E-state index in [4.69, 9.17) is 5.11 Å². The number of aromatic nitrogens is 3. The topological polar surface area (TPSA) is 62.5 Å². The number of nitrogens with zero attached hydrogens (tertiary/aromatic N) is 3. The first-order valence-electron chi connectivity index (χ1n) is 6.89. The Morgan fingerprint density at radius 3 is 2.95 bits per heavy atom. The van der Waals surface area contributed by atoms with Gasteiger partial charge in [0, 0.05) is 30.5 Å². The third kappa shape index (κ3) is 2.30. The number of hydrogen-bond donors (Lipinski definition) is 2. The molecule has 5 nitrogen and oxygen atoms in total. The predicted molar refractivity (Wildman–Crippen MR) is 74.3 cm³/mol. The monoisotopic (exact) mass is 260 g/mol. The molecule has 1 saturated carbocycles. The number of aliphatic hydroxyl groups is 1. The summed E-state index contributed by atoms with van der Waals surface area (Å²) < 4.78 is 1.85. The van der Waals surface area contributed by atoms with Gasteiger partial charge in [-0.15, -0.1) is 0 Å². The van der Waals surface area contributed by atoms with E-state index >= 15 is 0 Å². The fraction of sp³-hybridized carbons (Fsp3) is 0.571. The third-order valence-electron chi connectivity index (χ3n) is 3.82. The smallest absolute Gasteiger partial charge is 0.157 e. The summed E-state index contributed by atoms with van der Waals surface area (Å²) in [7, 11) is 0. The van der Waals surface area contributed by atoms with Gasteiger partial charge in [0.05, 0.1) is 6.20 Å². The zero-order valence-corrected chi connectivity index (χ0v) is 11.4. The summed E-state index contributed by atoms with van der Waals surface area (Å²) in [5, 5.41) is 16.9. The molecule has 0 amide bonds. The van der Waals surface area contributed by atoms with Crippen molar-refractivity contribution in [2.45, 2.75) is 38.6 Å². The second-order valence-corrected chi connectivity index (χ2v) is 5.68. The Morgan fingerprint density at radius 2 is 2.26 bits per heavy atom. The van der Waals surface area contributed by atoms with Gasteiger partial charge in [-0.3, -0.25) is 0 Å². The highest BCUT2D eigenvalue weighted by atomic mass is 16.3. The van der Waals surface area contributed by atoms with Crippen molar-refractivity contribution in [3.8, 4) is 0 Å². The van der Waals surface area contributed by atoms with Crippen LogP contribution >= 0.6 is 0 Å². The largest absolute Gasteiger partial charge is 0.396 e. The van der Waals surface area contributed by atoms with E-state index in [0.29, 0.717) is 24.5 Å². The van der Waals surface area contributed by atoms with Crippen molar-refractivity contribution in [1.29, 1.82) is 0 Å². The minimum absolute atomic E-state index is 0.295. The van der Waals surface area contributed by atoms with E-state index in [2.05, 4.69) is 35.3 Å². The highest BCUT2D eigenvalue weighted by Gasteiger charge is 2.28. The molecule has 2 heterocycles. The number of aliphatic hydroxyl groups excluding tert-OH is 1. The van der Waals surface area contributed by atoms with Gasteiger partial charge >= 0.3 is 0 Å². The van der Waals surface area contributed by atoms with Gasteiger partial charge in [0.15, 0.2) is 5.65 Å². The van der Waals surface area contributed by atoms with E-state index in [0.717, 1.165) is 30.0 Å². The summed E-state index contributed by atoms with van der Waals surface area (Å²) in [6, 6.07) is 4.44. The normalized spacial score (nSPS) is 22.7. The maximum absolute atomic E-state index is 9.07. The molecule has 0 aromatic carbocycles. The predicted octanol–water partition coefficient (Wildman–Crippen LogP) is 2.04. The van der Waals surface area contributed by atoms with Gasteiger partial charge in [0.25, 0.3) is 0 Å². The number of nitrogens with one attached hydrogen (secondary N) is 1. The second kappa shape index (κ2) is 4.81. The molecule has 0 spiro atoms. The Kier molecular flexibility index (Phi) is 3.14. The average Bonchev–Trinajstić information content (AvgIpc) is 2.80. The van der Waals surface area contributed by atoms with Gasteiger partial charge in [-0.25, -0.2) is 4.98 Å². The third-order valence-corrected chi connectivity index (χ3v) is 3.82. The summed E-state index contributed by atoms with van der Waals surface area (Å²) >= 11 is 0. The first kappa shape index (κ1) is 12.4. The van der Waals surface area contributed by atoms with Crippen LogP contribution in [0.4, 0.5) is 5.82 Å². The standard InChI is InChI=1S/C14H20N4O/c1-9(2)12-7-14(16-11-5-10(6-11)8-19)18-13(17-12)3-4-15-18/h3-4,7,9-11,16,19H,5-6,8H2,1-2H3. The molecular weight excluding hydrogens is 240 g/mol. The van der Waals surface area contributed by atoms with E-state index in [1.807, 2.05) is 10.6 Å². The molecule has 0 aliphatic heterocycles.